The molecule has 0 spiro atoms. The van der Waals surface area contributed by atoms with Gasteiger partial charge >= 0.3 is 11.9 Å². The fourth-order valence-corrected chi connectivity index (χ4v) is 3.68. The normalized spacial score (nSPS) is 15.2. The topological polar surface area (TPSA) is 243 Å². The van der Waals surface area contributed by atoms with E-state index >= 15 is 0 Å². The Balaban J connectivity index is 5.71. The van der Waals surface area contributed by atoms with Gasteiger partial charge in [0.05, 0.1) is 12.5 Å². The number of hydrogen-bond acceptors (Lipinski definition) is 8. The van der Waals surface area contributed by atoms with Gasteiger partial charge in [-0.25, -0.2) is 4.79 Å². The molecule has 14 heteroatoms. The van der Waals surface area contributed by atoms with Crippen LogP contribution >= 0.6 is 0 Å². The van der Waals surface area contributed by atoms with Crippen molar-refractivity contribution in [3.8, 4) is 0 Å². The monoisotopic (exact) mass is 572 g/mol. The minimum absolute atomic E-state index is 0.0690. The van der Waals surface area contributed by atoms with Crippen LogP contribution in [0.15, 0.2) is 0 Å². The first-order chi connectivity index (χ1) is 18.5. The second-order valence-corrected chi connectivity index (χ2v) is 11.0. The lowest BCUT2D eigenvalue weighted by atomic mass is 9.96. The van der Waals surface area contributed by atoms with E-state index in [9.17, 15) is 39.0 Å². The quantitative estimate of drug-likeness (QED) is 0.0917. The van der Waals surface area contributed by atoms with Crippen LogP contribution in [0.4, 0.5) is 0 Å². The first-order valence-electron chi connectivity index (χ1n) is 13.6. The van der Waals surface area contributed by atoms with Crippen LogP contribution in [0, 0.1) is 11.8 Å². The van der Waals surface area contributed by atoms with Crippen molar-refractivity contribution >= 4 is 35.6 Å². The SMILES string of the molecule is CC[C@H](C)[C@H](N)C(=O)NC(C)(C)C(=O)N[C@@H](CC(C)C)C(=O)N[C@@H](CC(=O)O)C(=O)N[C@@H](CCCCN)C(=O)O. The summed E-state index contributed by atoms with van der Waals surface area (Å²) < 4.78 is 0. The lowest BCUT2D eigenvalue weighted by molar-refractivity contribution is -0.144. The van der Waals surface area contributed by atoms with Crippen molar-refractivity contribution < 1.29 is 39.0 Å². The number of carboxylic acids is 2. The molecule has 0 aromatic rings. The molecule has 230 valence electrons. The fourth-order valence-electron chi connectivity index (χ4n) is 3.68. The lowest BCUT2D eigenvalue weighted by Crippen LogP contribution is -2.62. The van der Waals surface area contributed by atoms with Crippen LogP contribution in [0.1, 0.15) is 80.1 Å². The molecular formula is C26H48N6O8. The van der Waals surface area contributed by atoms with Gasteiger partial charge in [0.1, 0.15) is 23.7 Å². The molecule has 0 saturated carbocycles. The summed E-state index contributed by atoms with van der Waals surface area (Å²) in [6, 6.07) is -4.93. The van der Waals surface area contributed by atoms with Crippen molar-refractivity contribution in [2.45, 2.75) is 110 Å². The van der Waals surface area contributed by atoms with Gasteiger partial charge in [0.25, 0.3) is 0 Å². The molecule has 0 heterocycles. The number of amides is 4. The van der Waals surface area contributed by atoms with Crippen molar-refractivity contribution in [2.24, 2.45) is 23.3 Å². The predicted octanol–water partition coefficient (Wildman–Crippen LogP) is -0.557. The smallest absolute Gasteiger partial charge is 0.326 e. The number of carbonyl (C=O) groups is 6. The Morgan fingerprint density at radius 3 is 1.85 bits per heavy atom. The summed E-state index contributed by atoms with van der Waals surface area (Å²) in [6.45, 7) is 10.5. The first-order valence-corrected chi connectivity index (χ1v) is 13.6. The van der Waals surface area contributed by atoms with Crippen LogP contribution in [0.25, 0.3) is 0 Å². The van der Waals surface area contributed by atoms with Crippen molar-refractivity contribution in [1.82, 2.24) is 21.3 Å². The van der Waals surface area contributed by atoms with Crippen LogP contribution in [0.2, 0.25) is 0 Å². The van der Waals surface area contributed by atoms with Gasteiger partial charge in [0.2, 0.25) is 23.6 Å². The van der Waals surface area contributed by atoms with Crippen molar-refractivity contribution in [2.75, 3.05) is 6.54 Å². The highest BCUT2D eigenvalue weighted by molar-refractivity contribution is 5.97. The van der Waals surface area contributed by atoms with Crippen LogP contribution in [-0.4, -0.2) is 82.0 Å². The highest BCUT2D eigenvalue weighted by Gasteiger charge is 2.36. The van der Waals surface area contributed by atoms with E-state index < -0.39 is 71.7 Å². The molecule has 0 aromatic carbocycles. The average molecular weight is 573 g/mol. The lowest BCUT2D eigenvalue weighted by Gasteiger charge is -2.31. The zero-order chi connectivity index (χ0) is 31.2. The number of carbonyl (C=O) groups excluding carboxylic acids is 4. The molecule has 0 aliphatic heterocycles. The number of hydrogen-bond donors (Lipinski definition) is 8. The Kier molecular flexibility index (Phi) is 16.0. The van der Waals surface area contributed by atoms with E-state index in [2.05, 4.69) is 21.3 Å². The zero-order valence-corrected chi connectivity index (χ0v) is 24.4. The zero-order valence-electron chi connectivity index (χ0n) is 24.4. The van der Waals surface area contributed by atoms with Gasteiger partial charge in [0, 0.05) is 0 Å². The predicted molar refractivity (Wildman–Crippen MR) is 148 cm³/mol. The Morgan fingerprint density at radius 1 is 0.825 bits per heavy atom. The summed E-state index contributed by atoms with van der Waals surface area (Å²) in [7, 11) is 0. The molecule has 40 heavy (non-hydrogen) atoms. The van der Waals surface area contributed by atoms with Gasteiger partial charge in [-0.3, -0.25) is 24.0 Å². The number of carboxylic acid groups (broad SMARTS) is 2. The molecule has 10 N–H and O–H groups in total. The Morgan fingerprint density at radius 2 is 1.38 bits per heavy atom. The number of nitrogens with one attached hydrogen (secondary N) is 4. The Labute approximate surface area is 235 Å². The maximum atomic E-state index is 13.2. The largest absolute Gasteiger partial charge is 0.481 e. The van der Waals surface area contributed by atoms with E-state index in [4.69, 9.17) is 11.5 Å². The van der Waals surface area contributed by atoms with E-state index in [1.165, 1.54) is 13.8 Å². The third-order valence-corrected chi connectivity index (χ3v) is 6.47. The van der Waals surface area contributed by atoms with Crippen molar-refractivity contribution in [3.63, 3.8) is 0 Å². The number of rotatable bonds is 19. The third-order valence-electron chi connectivity index (χ3n) is 6.47. The standard InChI is InChI=1S/C26H48N6O8/c1-7-15(4)20(28)23(37)32-26(5,6)25(40)31-17(12-14(2)3)21(35)30-18(13-19(33)34)22(36)29-16(24(38)39)10-8-9-11-27/h14-18,20H,7-13,27-28H2,1-6H3,(H,29,36)(H,30,35)(H,31,40)(H,32,37)(H,33,34)(H,38,39)/t15-,16-,17-,18-,20-/m0/s1. The highest BCUT2D eigenvalue weighted by Crippen LogP contribution is 2.12. The molecule has 14 nitrogen and oxygen atoms in total. The average Bonchev–Trinajstić information content (AvgIpc) is 2.85. The highest BCUT2D eigenvalue weighted by atomic mass is 16.4. The maximum Gasteiger partial charge on any atom is 0.326 e. The minimum atomic E-state index is -1.60. The third kappa shape index (κ3) is 13.2. The molecule has 0 unspecified atom stereocenters. The number of aliphatic carboxylic acids is 2. The van der Waals surface area contributed by atoms with Crippen LogP contribution in [0.5, 0.6) is 0 Å². The molecule has 0 radical (unpaired) electrons. The summed E-state index contributed by atoms with van der Waals surface area (Å²) in [5.41, 5.74) is 9.94. The van der Waals surface area contributed by atoms with E-state index in [0.29, 0.717) is 25.8 Å². The molecule has 0 rings (SSSR count). The van der Waals surface area contributed by atoms with Crippen LogP contribution in [-0.2, 0) is 28.8 Å². The second kappa shape index (κ2) is 17.4. The first kappa shape index (κ1) is 36.7. The van der Waals surface area contributed by atoms with Gasteiger partial charge in [-0.05, 0) is 57.9 Å². The molecule has 4 amide bonds. The summed E-state index contributed by atoms with van der Waals surface area (Å²) >= 11 is 0. The van der Waals surface area contributed by atoms with Gasteiger partial charge in [-0.15, -0.1) is 0 Å². The van der Waals surface area contributed by atoms with E-state index in [0.717, 1.165) is 0 Å². The molecule has 5 atom stereocenters. The number of unbranched alkanes of at least 4 members (excludes halogenated alkanes) is 1. The molecule has 0 fully saturated rings. The number of nitrogens with two attached hydrogens (primary N) is 2. The van der Waals surface area contributed by atoms with E-state index in [1.807, 2.05) is 13.8 Å². The molecule has 0 bridgehead atoms. The molecule has 0 aliphatic carbocycles. The Bertz CT molecular complexity index is 894. The van der Waals surface area contributed by atoms with Crippen LogP contribution in [0.3, 0.4) is 0 Å². The van der Waals surface area contributed by atoms with E-state index in [1.54, 1.807) is 13.8 Å². The van der Waals surface area contributed by atoms with Crippen molar-refractivity contribution in [1.29, 1.82) is 0 Å². The fraction of sp³-hybridized carbons (Fsp3) is 0.769. The van der Waals surface area contributed by atoms with Crippen LogP contribution < -0.4 is 32.7 Å². The molecule has 0 aliphatic rings. The van der Waals surface area contributed by atoms with Crippen molar-refractivity contribution in [3.05, 3.63) is 0 Å². The second-order valence-electron chi connectivity index (χ2n) is 11.0. The van der Waals surface area contributed by atoms with Gasteiger partial charge < -0.3 is 42.9 Å². The molecule has 0 aromatic heterocycles. The minimum Gasteiger partial charge on any atom is -0.481 e. The van der Waals surface area contributed by atoms with Gasteiger partial charge in [0.15, 0.2) is 0 Å². The van der Waals surface area contributed by atoms with Gasteiger partial charge in [-0.2, -0.15) is 0 Å². The maximum absolute atomic E-state index is 13.2. The molecule has 0 saturated heterocycles. The van der Waals surface area contributed by atoms with Gasteiger partial charge in [-0.1, -0.05) is 34.1 Å². The summed E-state index contributed by atoms with van der Waals surface area (Å²) in [5.74, 6) is -5.99. The molecular weight excluding hydrogens is 524 g/mol. The summed E-state index contributed by atoms with van der Waals surface area (Å²) in [5, 5.41) is 28.5. The van der Waals surface area contributed by atoms with E-state index in [-0.39, 0.29) is 24.7 Å². The summed E-state index contributed by atoms with van der Waals surface area (Å²) in [4.78, 5) is 74.7. The summed E-state index contributed by atoms with van der Waals surface area (Å²) in [6.07, 6.45) is 0.992. The Hall–Kier alpha value is -3.26.